The largest absolute Gasteiger partial charge is 0.343 e. The zero-order valence-electron chi connectivity index (χ0n) is 8.20. The Hall–Kier alpha value is -1.26. The Balaban J connectivity index is 2.43. The van der Waals surface area contributed by atoms with Crippen molar-refractivity contribution in [3.05, 3.63) is 29.3 Å². The number of benzene rings is 1. The van der Waals surface area contributed by atoms with Gasteiger partial charge in [-0.2, -0.15) is 0 Å². The van der Waals surface area contributed by atoms with Crippen LogP contribution in [-0.4, -0.2) is 17.6 Å². The number of nitrogens with one attached hydrogen (secondary N) is 1. The normalized spacial score (nSPS) is 9.62. The molecule has 0 saturated heterocycles. The molecule has 0 fully saturated rings. The quantitative estimate of drug-likeness (QED) is 0.503. The second kappa shape index (κ2) is 6.35. The van der Waals surface area contributed by atoms with Crippen molar-refractivity contribution in [1.82, 2.24) is 0 Å². The van der Waals surface area contributed by atoms with Crippen LogP contribution in [-0.2, 0) is 14.4 Å². The van der Waals surface area contributed by atoms with E-state index in [1.807, 2.05) is 0 Å². The molecule has 0 saturated carbocycles. The summed E-state index contributed by atoms with van der Waals surface area (Å²) < 4.78 is 0. The lowest BCUT2D eigenvalue weighted by molar-refractivity contribution is -0.142. The molecule has 0 bridgehead atoms. The molecule has 4 nitrogen and oxygen atoms in total. The molecule has 1 aromatic rings. The Morgan fingerprint density at radius 3 is 2.62 bits per heavy atom. The lowest BCUT2D eigenvalue weighted by Crippen LogP contribution is -2.15. The van der Waals surface area contributed by atoms with Gasteiger partial charge < -0.3 is 4.84 Å². The highest BCUT2D eigenvalue weighted by atomic mass is 35.5. The Bertz CT molecular complexity index is 395. The fraction of sp³-hybridized carbons (Fsp3) is 0.200. The molecule has 0 unspecified atom stereocenters. The third-order valence-electron chi connectivity index (χ3n) is 1.64. The van der Waals surface area contributed by atoms with Crippen molar-refractivity contribution in [1.29, 1.82) is 0 Å². The molecule has 0 aromatic heterocycles. The first-order valence-electron chi connectivity index (χ1n) is 4.41. The average molecular weight is 262 g/mol. The minimum Gasteiger partial charge on any atom is -0.343 e. The van der Waals surface area contributed by atoms with Gasteiger partial charge in [0.1, 0.15) is 6.42 Å². The summed E-state index contributed by atoms with van der Waals surface area (Å²) in [4.78, 5) is 26.5. The Morgan fingerprint density at radius 1 is 1.31 bits per heavy atom. The molecule has 1 rings (SSSR count). The van der Waals surface area contributed by atoms with Crippen LogP contribution < -0.4 is 5.48 Å². The summed E-state index contributed by atoms with van der Waals surface area (Å²) in [6, 6.07) is 6.75. The molecule has 16 heavy (non-hydrogen) atoms. The first-order chi connectivity index (χ1) is 7.63. The first-order valence-corrected chi connectivity index (χ1v) is 5.32. The summed E-state index contributed by atoms with van der Waals surface area (Å²) >= 11 is 11.0. The van der Waals surface area contributed by atoms with E-state index in [4.69, 9.17) is 23.2 Å². The van der Waals surface area contributed by atoms with Gasteiger partial charge in [-0.3, -0.25) is 4.79 Å². The SMILES string of the molecule is O=C(CCl)CC(=O)ONc1ccccc1Cl. The van der Waals surface area contributed by atoms with Gasteiger partial charge in [0.05, 0.1) is 16.6 Å². The molecular weight excluding hydrogens is 253 g/mol. The Morgan fingerprint density at radius 2 is 2.00 bits per heavy atom. The predicted molar refractivity (Wildman–Crippen MR) is 61.5 cm³/mol. The fourth-order valence-electron chi connectivity index (χ4n) is 0.900. The number of rotatable bonds is 5. The molecule has 1 aromatic carbocycles. The second-order valence-electron chi connectivity index (χ2n) is 2.91. The molecule has 0 amide bonds. The van der Waals surface area contributed by atoms with Gasteiger partial charge in [0.25, 0.3) is 0 Å². The number of para-hydroxylation sites is 1. The number of halogens is 2. The molecule has 0 aliphatic heterocycles. The van der Waals surface area contributed by atoms with E-state index in [0.717, 1.165) is 0 Å². The van der Waals surface area contributed by atoms with E-state index in [2.05, 4.69) is 10.3 Å². The summed E-state index contributed by atoms with van der Waals surface area (Å²) in [6.07, 6.45) is -0.360. The van der Waals surface area contributed by atoms with Gasteiger partial charge in [-0.15, -0.1) is 11.6 Å². The topological polar surface area (TPSA) is 55.4 Å². The van der Waals surface area contributed by atoms with Crippen molar-refractivity contribution in [3.63, 3.8) is 0 Å². The maximum Gasteiger partial charge on any atom is 0.339 e. The van der Waals surface area contributed by atoms with Crippen molar-refractivity contribution in [2.45, 2.75) is 6.42 Å². The van der Waals surface area contributed by atoms with Gasteiger partial charge in [-0.05, 0) is 12.1 Å². The molecule has 0 spiro atoms. The Kier molecular flexibility index (Phi) is 5.08. The van der Waals surface area contributed by atoms with Gasteiger partial charge in [0, 0.05) is 0 Å². The smallest absolute Gasteiger partial charge is 0.339 e. The molecule has 6 heteroatoms. The molecule has 0 radical (unpaired) electrons. The number of carbonyl (C=O) groups excluding carboxylic acids is 2. The highest BCUT2D eigenvalue weighted by molar-refractivity contribution is 6.33. The lowest BCUT2D eigenvalue weighted by atomic mass is 10.3. The number of hydrogen-bond acceptors (Lipinski definition) is 4. The van der Waals surface area contributed by atoms with E-state index in [0.29, 0.717) is 10.7 Å². The van der Waals surface area contributed by atoms with E-state index in [9.17, 15) is 9.59 Å². The summed E-state index contributed by atoms with van der Waals surface area (Å²) in [5.74, 6) is -1.31. The molecule has 0 heterocycles. The monoisotopic (exact) mass is 261 g/mol. The van der Waals surface area contributed by atoms with Crippen LogP contribution in [0.2, 0.25) is 5.02 Å². The Labute approximate surface area is 102 Å². The first kappa shape index (κ1) is 12.8. The summed E-state index contributed by atoms with van der Waals surface area (Å²) in [6.45, 7) is 0. The molecular formula is C10H9Cl2NO3. The maximum absolute atomic E-state index is 11.1. The van der Waals surface area contributed by atoms with E-state index in [1.165, 1.54) is 0 Å². The van der Waals surface area contributed by atoms with E-state index >= 15 is 0 Å². The molecule has 0 atom stereocenters. The van der Waals surface area contributed by atoms with Crippen LogP contribution >= 0.6 is 23.2 Å². The van der Waals surface area contributed by atoms with Crippen LogP contribution in [0.5, 0.6) is 0 Å². The fourth-order valence-corrected chi connectivity index (χ4v) is 1.17. The summed E-state index contributed by atoms with van der Waals surface area (Å²) in [5, 5.41) is 0.416. The minimum absolute atomic E-state index is 0.207. The van der Waals surface area contributed by atoms with E-state index in [-0.39, 0.29) is 12.3 Å². The van der Waals surface area contributed by atoms with Crippen molar-refractivity contribution in [2.24, 2.45) is 0 Å². The maximum atomic E-state index is 11.1. The number of alkyl halides is 1. The zero-order chi connectivity index (χ0) is 12.0. The highest BCUT2D eigenvalue weighted by Gasteiger charge is 2.10. The van der Waals surface area contributed by atoms with Gasteiger partial charge in [-0.1, -0.05) is 23.7 Å². The van der Waals surface area contributed by atoms with Crippen LogP contribution in [0.3, 0.4) is 0 Å². The van der Waals surface area contributed by atoms with Crippen LogP contribution in [0.4, 0.5) is 5.69 Å². The van der Waals surface area contributed by atoms with Crippen LogP contribution in [0.25, 0.3) is 0 Å². The molecule has 1 N–H and O–H groups in total. The van der Waals surface area contributed by atoms with E-state index in [1.54, 1.807) is 24.3 Å². The lowest BCUT2D eigenvalue weighted by Gasteiger charge is -2.07. The summed E-state index contributed by atoms with van der Waals surface area (Å²) in [5.41, 5.74) is 2.82. The highest BCUT2D eigenvalue weighted by Crippen LogP contribution is 2.20. The van der Waals surface area contributed by atoms with Crippen molar-refractivity contribution in [3.8, 4) is 0 Å². The van der Waals surface area contributed by atoms with E-state index < -0.39 is 11.8 Å². The summed E-state index contributed by atoms with van der Waals surface area (Å²) in [7, 11) is 0. The van der Waals surface area contributed by atoms with Crippen molar-refractivity contribution in [2.75, 3.05) is 11.4 Å². The van der Waals surface area contributed by atoms with Gasteiger partial charge in [0.2, 0.25) is 0 Å². The predicted octanol–water partition coefficient (Wildman–Crippen LogP) is 2.41. The van der Waals surface area contributed by atoms with Gasteiger partial charge >= 0.3 is 5.97 Å². The standard InChI is InChI=1S/C10H9Cl2NO3/c11-6-7(14)5-10(15)16-13-9-4-2-1-3-8(9)12/h1-4,13H,5-6H2. The molecule has 0 aliphatic carbocycles. The number of hydrogen-bond donors (Lipinski definition) is 1. The zero-order valence-corrected chi connectivity index (χ0v) is 9.72. The molecule has 86 valence electrons. The third-order valence-corrected chi connectivity index (χ3v) is 2.27. The van der Waals surface area contributed by atoms with Crippen LogP contribution in [0, 0.1) is 0 Å². The molecule has 0 aliphatic rings. The van der Waals surface area contributed by atoms with Crippen LogP contribution in [0.15, 0.2) is 24.3 Å². The number of anilines is 1. The average Bonchev–Trinajstić information content (AvgIpc) is 2.28. The van der Waals surface area contributed by atoms with Crippen molar-refractivity contribution >= 4 is 40.6 Å². The van der Waals surface area contributed by atoms with Crippen LogP contribution in [0.1, 0.15) is 6.42 Å². The number of ketones is 1. The number of Topliss-reactive ketones (excluding diaryl/α,β-unsaturated/α-hetero) is 1. The number of carbonyl (C=O) groups is 2. The minimum atomic E-state index is -0.703. The van der Waals surface area contributed by atoms with Gasteiger partial charge in [-0.25, -0.2) is 10.3 Å². The second-order valence-corrected chi connectivity index (χ2v) is 3.58. The third kappa shape index (κ3) is 4.08. The van der Waals surface area contributed by atoms with Gasteiger partial charge in [0.15, 0.2) is 5.78 Å². The van der Waals surface area contributed by atoms with Crippen molar-refractivity contribution < 1.29 is 14.4 Å².